The normalized spacial score (nSPS) is 30.3. The minimum atomic E-state index is -0.316. The number of esters is 1. The molecule has 2 bridgehead atoms. The topological polar surface area (TPSA) is 75.6 Å². The molecule has 3 heterocycles. The highest BCUT2D eigenvalue weighted by molar-refractivity contribution is 5.96. The van der Waals surface area contributed by atoms with Crippen LogP contribution in [0.15, 0.2) is 0 Å². The lowest BCUT2D eigenvalue weighted by Gasteiger charge is -2.44. The zero-order valence-electron chi connectivity index (χ0n) is 20.7. The van der Waals surface area contributed by atoms with E-state index in [1.807, 2.05) is 20.8 Å². The number of ether oxygens (including phenoxy) is 1. The molecule has 3 atom stereocenters. The standard InChI is InChI=1S/C26H38N4O3/c1-5-33-23(31)21-17(2)18(3)27-28-22(21)30-13-10-26(16-30)8-11-29(12-9-26)24(32)25(4)15-19-6-7-20(25)14-19/h19-20H,5-16H2,1-4H3. The van der Waals surface area contributed by atoms with Gasteiger partial charge in [-0.3, -0.25) is 4.79 Å². The van der Waals surface area contributed by atoms with Gasteiger partial charge in [-0.05, 0) is 82.1 Å². The number of carbonyl (C=O) groups excluding carboxylic acids is 2. The van der Waals surface area contributed by atoms with Crippen molar-refractivity contribution in [3.63, 3.8) is 0 Å². The zero-order valence-corrected chi connectivity index (χ0v) is 20.7. The largest absolute Gasteiger partial charge is 0.462 e. The van der Waals surface area contributed by atoms with Crippen LogP contribution in [0.5, 0.6) is 0 Å². The molecule has 2 saturated carbocycles. The van der Waals surface area contributed by atoms with Gasteiger partial charge in [-0.15, -0.1) is 5.10 Å². The van der Waals surface area contributed by atoms with E-state index in [-0.39, 0.29) is 16.8 Å². The van der Waals surface area contributed by atoms with Crippen molar-refractivity contribution < 1.29 is 14.3 Å². The van der Waals surface area contributed by atoms with E-state index in [1.54, 1.807) is 0 Å². The molecule has 7 nitrogen and oxygen atoms in total. The Hall–Kier alpha value is -2.18. The molecule has 1 amide bonds. The lowest BCUT2D eigenvalue weighted by molar-refractivity contribution is -0.146. The highest BCUT2D eigenvalue weighted by Crippen LogP contribution is 2.57. The first-order valence-corrected chi connectivity index (χ1v) is 12.8. The second kappa shape index (κ2) is 8.24. The quantitative estimate of drug-likeness (QED) is 0.642. The molecule has 7 heteroatoms. The lowest BCUT2D eigenvalue weighted by atomic mass is 9.72. The van der Waals surface area contributed by atoms with Crippen LogP contribution in [0.4, 0.5) is 5.82 Å². The lowest BCUT2D eigenvalue weighted by Crippen LogP contribution is -2.50. The monoisotopic (exact) mass is 454 g/mol. The molecule has 4 aliphatic rings. The molecule has 2 aliphatic carbocycles. The van der Waals surface area contributed by atoms with Crippen LogP contribution in [0.25, 0.3) is 0 Å². The van der Waals surface area contributed by atoms with Crippen molar-refractivity contribution in [3.8, 4) is 0 Å². The Labute approximate surface area is 197 Å². The SMILES string of the molecule is CCOC(=O)c1c(N2CCC3(CCN(C(=O)C4(C)CC5CCC4C5)CC3)C2)nnc(C)c1C. The number of piperidine rings is 1. The summed E-state index contributed by atoms with van der Waals surface area (Å²) in [5.74, 6) is 2.11. The van der Waals surface area contributed by atoms with Gasteiger partial charge in [0.05, 0.1) is 12.3 Å². The van der Waals surface area contributed by atoms with Gasteiger partial charge < -0.3 is 14.5 Å². The van der Waals surface area contributed by atoms with Gasteiger partial charge in [0, 0.05) is 31.6 Å². The fourth-order valence-corrected chi connectivity index (χ4v) is 7.20. The maximum absolute atomic E-state index is 13.5. The number of fused-ring (bicyclic) bond motifs is 2. The average Bonchev–Trinajstić information content (AvgIpc) is 3.51. The minimum absolute atomic E-state index is 0.126. The van der Waals surface area contributed by atoms with Crippen LogP contribution in [-0.4, -0.2) is 59.8 Å². The van der Waals surface area contributed by atoms with E-state index in [9.17, 15) is 9.59 Å². The van der Waals surface area contributed by atoms with Gasteiger partial charge in [0.1, 0.15) is 5.56 Å². The number of rotatable bonds is 4. The number of likely N-dealkylation sites (tertiary alicyclic amines) is 1. The summed E-state index contributed by atoms with van der Waals surface area (Å²) in [5, 5.41) is 8.75. The summed E-state index contributed by atoms with van der Waals surface area (Å²) in [5.41, 5.74) is 2.21. The number of aryl methyl sites for hydroxylation is 1. The highest BCUT2D eigenvalue weighted by Gasteiger charge is 2.54. The van der Waals surface area contributed by atoms with Crippen molar-refractivity contribution in [2.24, 2.45) is 22.7 Å². The second-order valence-electron chi connectivity index (χ2n) is 11.3. The molecule has 1 aromatic rings. The molecule has 2 saturated heterocycles. The maximum atomic E-state index is 13.5. The predicted octanol–water partition coefficient (Wildman–Crippen LogP) is 3.92. The van der Waals surface area contributed by atoms with Crippen LogP contribution in [0.2, 0.25) is 0 Å². The zero-order chi connectivity index (χ0) is 23.4. The Bertz CT molecular complexity index is 955. The van der Waals surface area contributed by atoms with Crippen LogP contribution in [0, 0.1) is 36.5 Å². The number of aromatic nitrogens is 2. The fourth-order valence-electron chi connectivity index (χ4n) is 7.20. The fraction of sp³-hybridized carbons (Fsp3) is 0.769. The molecule has 33 heavy (non-hydrogen) atoms. The average molecular weight is 455 g/mol. The third kappa shape index (κ3) is 3.71. The Balaban J connectivity index is 1.27. The van der Waals surface area contributed by atoms with E-state index in [1.165, 1.54) is 19.3 Å². The Morgan fingerprint density at radius 1 is 1.09 bits per heavy atom. The highest BCUT2D eigenvalue weighted by atomic mass is 16.5. The second-order valence-corrected chi connectivity index (χ2v) is 11.3. The Morgan fingerprint density at radius 2 is 1.82 bits per heavy atom. The van der Waals surface area contributed by atoms with Gasteiger partial charge >= 0.3 is 5.97 Å². The summed E-state index contributed by atoms with van der Waals surface area (Å²) < 4.78 is 5.34. The van der Waals surface area contributed by atoms with Crippen LogP contribution in [-0.2, 0) is 9.53 Å². The molecule has 180 valence electrons. The number of hydrogen-bond donors (Lipinski definition) is 0. The van der Waals surface area contributed by atoms with E-state index in [0.29, 0.717) is 29.8 Å². The molecule has 4 fully saturated rings. The molecule has 5 rings (SSSR count). The van der Waals surface area contributed by atoms with Crippen molar-refractivity contribution in [2.75, 3.05) is 37.7 Å². The van der Waals surface area contributed by atoms with Gasteiger partial charge in [-0.1, -0.05) is 13.3 Å². The summed E-state index contributed by atoms with van der Waals surface area (Å²) in [7, 11) is 0. The molecule has 0 radical (unpaired) electrons. The van der Waals surface area contributed by atoms with Gasteiger partial charge in [0.2, 0.25) is 5.91 Å². The molecule has 2 aliphatic heterocycles. The summed E-state index contributed by atoms with van der Waals surface area (Å²) in [6.07, 6.45) is 8.01. The summed E-state index contributed by atoms with van der Waals surface area (Å²) in [6, 6.07) is 0. The number of nitrogens with zero attached hydrogens (tertiary/aromatic N) is 4. The smallest absolute Gasteiger partial charge is 0.342 e. The first-order valence-electron chi connectivity index (χ1n) is 12.8. The molecule has 3 unspecified atom stereocenters. The molecule has 0 aromatic carbocycles. The number of carbonyl (C=O) groups is 2. The number of hydrogen-bond acceptors (Lipinski definition) is 6. The van der Waals surface area contributed by atoms with Crippen molar-refractivity contribution in [2.45, 2.75) is 72.6 Å². The molecular weight excluding hydrogens is 416 g/mol. The van der Waals surface area contributed by atoms with E-state index in [2.05, 4.69) is 26.9 Å². The minimum Gasteiger partial charge on any atom is -0.462 e. The van der Waals surface area contributed by atoms with Crippen molar-refractivity contribution in [1.82, 2.24) is 15.1 Å². The third-order valence-corrected chi connectivity index (χ3v) is 9.41. The van der Waals surface area contributed by atoms with Gasteiger partial charge in [-0.25, -0.2) is 4.79 Å². The van der Waals surface area contributed by atoms with Gasteiger partial charge in [-0.2, -0.15) is 5.10 Å². The van der Waals surface area contributed by atoms with E-state index >= 15 is 0 Å². The maximum Gasteiger partial charge on any atom is 0.342 e. The third-order valence-electron chi connectivity index (χ3n) is 9.41. The van der Waals surface area contributed by atoms with Crippen LogP contribution in [0.1, 0.15) is 80.4 Å². The number of amides is 1. The van der Waals surface area contributed by atoms with Crippen molar-refractivity contribution >= 4 is 17.7 Å². The van der Waals surface area contributed by atoms with Crippen LogP contribution in [0.3, 0.4) is 0 Å². The van der Waals surface area contributed by atoms with Gasteiger partial charge in [0.15, 0.2) is 5.82 Å². The number of anilines is 1. The van der Waals surface area contributed by atoms with E-state index in [4.69, 9.17) is 4.74 Å². The van der Waals surface area contributed by atoms with Crippen molar-refractivity contribution in [3.05, 3.63) is 16.8 Å². The van der Waals surface area contributed by atoms with Gasteiger partial charge in [0.25, 0.3) is 0 Å². The van der Waals surface area contributed by atoms with Crippen molar-refractivity contribution in [1.29, 1.82) is 0 Å². The van der Waals surface area contributed by atoms with Crippen LogP contribution < -0.4 is 4.90 Å². The predicted molar refractivity (Wildman–Crippen MR) is 126 cm³/mol. The Kier molecular flexibility index (Phi) is 5.65. The molecule has 1 aromatic heterocycles. The van der Waals surface area contributed by atoms with Crippen LogP contribution >= 0.6 is 0 Å². The summed E-state index contributed by atoms with van der Waals surface area (Å²) in [6.45, 7) is 11.6. The van der Waals surface area contributed by atoms with E-state index in [0.717, 1.165) is 69.0 Å². The Morgan fingerprint density at radius 3 is 2.45 bits per heavy atom. The first kappa shape index (κ1) is 22.6. The first-order chi connectivity index (χ1) is 15.8. The molecular formula is C26H38N4O3. The summed E-state index contributed by atoms with van der Waals surface area (Å²) >= 11 is 0. The molecule has 0 N–H and O–H groups in total. The summed E-state index contributed by atoms with van der Waals surface area (Å²) in [4.78, 5) is 30.6. The molecule has 1 spiro atoms. The van der Waals surface area contributed by atoms with E-state index < -0.39 is 0 Å².